The number of ether oxygens (including phenoxy) is 2. The number of piperazine rings is 1. The second-order valence-corrected chi connectivity index (χ2v) is 10.5. The van der Waals surface area contributed by atoms with Crippen LogP contribution in [-0.2, 0) is 14.3 Å². The lowest BCUT2D eigenvalue weighted by atomic mass is 9.93. The van der Waals surface area contributed by atoms with Crippen molar-refractivity contribution < 1.29 is 19.4 Å². The number of hydrogen-bond donors (Lipinski definition) is 2. The van der Waals surface area contributed by atoms with Crippen LogP contribution in [0.25, 0.3) is 10.8 Å². The summed E-state index contributed by atoms with van der Waals surface area (Å²) >= 11 is 6.66. The molecule has 1 aliphatic carbocycles. The van der Waals surface area contributed by atoms with Crippen LogP contribution in [0, 0.1) is 11.3 Å². The lowest BCUT2D eigenvalue weighted by Crippen LogP contribution is -2.53. The van der Waals surface area contributed by atoms with E-state index in [0.717, 1.165) is 75.1 Å². The Morgan fingerprint density at radius 1 is 1.09 bits per heavy atom. The van der Waals surface area contributed by atoms with Gasteiger partial charge in [0.25, 0.3) is 0 Å². The highest BCUT2D eigenvalue weighted by Gasteiger charge is 2.58. The molecule has 2 N–H and O–H groups in total. The predicted octanol–water partition coefficient (Wildman–Crippen LogP) is 2.53. The first-order chi connectivity index (χ1) is 16.5. The maximum absolute atomic E-state index is 12.9. The van der Waals surface area contributed by atoms with Gasteiger partial charge in [0.1, 0.15) is 5.82 Å². The fourth-order valence-electron chi connectivity index (χ4n) is 5.90. The third-order valence-electron chi connectivity index (χ3n) is 8.18. The molecule has 1 spiro atoms. The third-order valence-corrected chi connectivity index (χ3v) is 8.48. The molecule has 1 aromatic heterocycles. The highest BCUT2D eigenvalue weighted by molar-refractivity contribution is 6.34. The Hall–Kier alpha value is -1.97. The summed E-state index contributed by atoms with van der Waals surface area (Å²) in [4.78, 5) is 21.9. The summed E-state index contributed by atoms with van der Waals surface area (Å²) < 4.78 is 10.9. The van der Waals surface area contributed by atoms with Crippen molar-refractivity contribution in [3.8, 4) is 0 Å². The predicted molar refractivity (Wildman–Crippen MR) is 130 cm³/mol. The topological polar surface area (TPSA) is 87.2 Å². The summed E-state index contributed by atoms with van der Waals surface area (Å²) in [5, 5.41) is 15.8. The van der Waals surface area contributed by atoms with Gasteiger partial charge in [0, 0.05) is 56.9 Å². The van der Waals surface area contributed by atoms with E-state index in [-0.39, 0.29) is 23.3 Å². The van der Waals surface area contributed by atoms with E-state index in [1.165, 1.54) is 0 Å². The van der Waals surface area contributed by atoms with E-state index in [0.29, 0.717) is 24.1 Å². The average Bonchev–Trinajstić information content (AvgIpc) is 3.36. The molecule has 3 atom stereocenters. The van der Waals surface area contributed by atoms with Crippen molar-refractivity contribution in [2.45, 2.75) is 31.4 Å². The Morgan fingerprint density at radius 2 is 1.88 bits per heavy atom. The Labute approximate surface area is 204 Å². The van der Waals surface area contributed by atoms with Gasteiger partial charge in [-0.3, -0.25) is 9.69 Å². The summed E-state index contributed by atoms with van der Waals surface area (Å²) in [7, 11) is 0. The molecule has 0 radical (unpaired) electrons. The highest BCUT2D eigenvalue weighted by Crippen LogP contribution is 2.59. The van der Waals surface area contributed by atoms with Crippen molar-refractivity contribution in [1.29, 1.82) is 0 Å². The zero-order valence-electron chi connectivity index (χ0n) is 19.2. The maximum atomic E-state index is 12.9. The molecule has 34 heavy (non-hydrogen) atoms. The molecule has 0 unspecified atom stereocenters. The number of aliphatic hydroxyl groups excluding tert-OH is 1. The van der Waals surface area contributed by atoms with Gasteiger partial charge < -0.3 is 24.8 Å². The first-order valence-corrected chi connectivity index (χ1v) is 12.6. The number of anilines is 2. The number of pyridine rings is 1. The minimum Gasteiger partial charge on any atom is -0.389 e. The van der Waals surface area contributed by atoms with Crippen LogP contribution in [0.2, 0.25) is 5.02 Å². The minimum absolute atomic E-state index is 0.0646. The van der Waals surface area contributed by atoms with Crippen molar-refractivity contribution >= 4 is 39.8 Å². The summed E-state index contributed by atoms with van der Waals surface area (Å²) in [5.41, 5.74) is 1.13. The van der Waals surface area contributed by atoms with Gasteiger partial charge in [-0.2, -0.15) is 0 Å². The number of benzene rings is 1. The number of aliphatic hydroxyl groups is 1. The molecule has 4 aliphatic rings. The summed E-state index contributed by atoms with van der Waals surface area (Å²) in [6.07, 6.45) is 4.26. The number of amides is 1. The number of nitrogens with zero attached hydrogens (tertiary/aromatic N) is 3. The first kappa shape index (κ1) is 22.5. The van der Waals surface area contributed by atoms with Crippen LogP contribution in [0.3, 0.4) is 0 Å². The average molecular weight is 487 g/mol. The van der Waals surface area contributed by atoms with Gasteiger partial charge >= 0.3 is 0 Å². The Morgan fingerprint density at radius 3 is 2.62 bits per heavy atom. The second-order valence-electron chi connectivity index (χ2n) is 10.1. The largest absolute Gasteiger partial charge is 0.389 e. The van der Waals surface area contributed by atoms with Gasteiger partial charge in [-0.05, 0) is 48.3 Å². The zero-order chi connectivity index (χ0) is 23.3. The van der Waals surface area contributed by atoms with E-state index in [1.54, 1.807) is 6.20 Å². The molecule has 1 amide bonds. The van der Waals surface area contributed by atoms with Crippen molar-refractivity contribution in [3.05, 3.63) is 29.4 Å². The molecule has 0 bridgehead atoms. The number of nitrogens with one attached hydrogen (secondary N) is 1. The van der Waals surface area contributed by atoms with Gasteiger partial charge in [0.05, 0.1) is 36.1 Å². The number of carbonyl (C=O) groups is 1. The smallest absolute Gasteiger partial charge is 0.229 e. The normalized spacial score (nSPS) is 29.0. The molecule has 9 heteroatoms. The van der Waals surface area contributed by atoms with Crippen LogP contribution in [0.5, 0.6) is 0 Å². The molecular formula is C25H31ClN4O4. The summed E-state index contributed by atoms with van der Waals surface area (Å²) in [5.74, 6) is 0.715. The zero-order valence-corrected chi connectivity index (χ0v) is 20.0. The maximum Gasteiger partial charge on any atom is 0.229 e. The number of rotatable bonds is 4. The number of carbonyl (C=O) groups excluding carboxylic acids is 1. The third kappa shape index (κ3) is 4.16. The molecule has 3 aliphatic heterocycles. The Bertz CT molecular complexity index is 1080. The number of fused-ring (bicyclic) bond motifs is 1. The van der Waals surface area contributed by atoms with E-state index >= 15 is 0 Å². The molecule has 1 aromatic carbocycles. The van der Waals surface area contributed by atoms with E-state index in [9.17, 15) is 9.90 Å². The van der Waals surface area contributed by atoms with Gasteiger partial charge in [-0.15, -0.1) is 0 Å². The Kier molecular flexibility index (Phi) is 5.90. The van der Waals surface area contributed by atoms with Crippen LogP contribution < -0.4 is 10.2 Å². The van der Waals surface area contributed by atoms with Crippen LogP contribution in [-0.4, -0.2) is 85.6 Å². The lowest BCUT2D eigenvalue weighted by Gasteiger charge is -2.39. The van der Waals surface area contributed by atoms with Gasteiger partial charge in [-0.1, -0.05) is 11.6 Å². The first-order valence-electron chi connectivity index (χ1n) is 12.3. The SMILES string of the molecule is O=C(Nc1cc2cc(N3CCN([C@H]4COC[C@H]4O)CC3)c(Cl)cc2cn1)[C@@H]1CC12CCOCC2. The van der Waals surface area contributed by atoms with Crippen molar-refractivity contribution in [2.24, 2.45) is 11.3 Å². The highest BCUT2D eigenvalue weighted by atomic mass is 35.5. The van der Waals surface area contributed by atoms with Crippen molar-refractivity contribution in [1.82, 2.24) is 9.88 Å². The molecule has 8 nitrogen and oxygen atoms in total. The van der Waals surface area contributed by atoms with E-state index in [1.807, 2.05) is 12.1 Å². The molecule has 1 saturated carbocycles. The fourth-order valence-corrected chi connectivity index (χ4v) is 6.19. The summed E-state index contributed by atoms with van der Waals surface area (Å²) in [6.45, 7) is 5.89. The number of halogens is 1. The van der Waals surface area contributed by atoms with Crippen LogP contribution in [0.4, 0.5) is 11.5 Å². The molecule has 4 fully saturated rings. The van der Waals surface area contributed by atoms with Gasteiger partial charge in [-0.25, -0.2) is 4.98 Å². The monoisotopic (exact) mass is 486 g/mol. The van der Waals surface area contributed by atoms with Crippen LogP contribution >= 0.6 is 11.6 Å². The Balaban J connectivity index is 1.15. The molecule has 6 rings (SSSR count). The molecular weight excluding hydrogens is 456 g/mol. The molecule has 2 aromatic rings. The van der Waals surface area contributed by atoms with Crippen molar-refractivity contribution in [2.75, 3.05) is 62.8 Å². The second kappa shape index (κ2) is 8.91. The lowest BCUT2D eigenvalue weighted by molar-refractivity contribution is -0.118. The quantitative estimate of drug-likeness (QED) is 0.686. The van der Waals surface area contributed by atoms with E-state index < -0.39 is 6.10 Å². The van der Waals surface area contributed by atoms with Gasteiger partial charge in [0.2, 0.25) is 5.91 Å². The van der Waals surface area contributed by atoms with Crippen LogP contribution in [0.15, 0.2) is 24.4 Å². The van der Waals surface area contributed by atoms with Crippen molar-refractivity contribution in [3.63, 3.8) is 0 Å². The molecule has 3 saturated heterocycles. The number of aromatic nitrogens is 1. The van der Waals surface area contributed by atoms with E-state index in [4.69, 9.17) is 21.1 Å². The van der Waals surface area contributed by atoms with Gasteiger partial charge in [0.15, 0.2) is 0 Å². The molecule has 4 heterocycles. The molecule has 182 valence electrons. The standard InChI is InChI=1S/C25H31ClN4O4/c26-19-9-17-13-27-23(28-24(32)18-12-25(18)1-7-33-8-2-25)11-16(17)10-20(19)29-3-5-30(6-4-29)21-14-34-15-22(21)31/h9-11,13,18,21-22,31H,1-8,12,14-15H2,(H,27,28,32)/t18-,21-,22+/m0/s1. The fraction of sp³-hybridized carbons (Fsp3) is 0.600. The minimum atomic E-state index is -0.408. The van der Waals surface area contributed by atoms with Crippen LogP contribution in [0.1, 0.15) is 19.3 Å². The van der Waals surface area contributed by atoms with E-state index in [2.05, 4.69) is 26.2 Å². The number of hydrogen-bond acceptors (Lipinski definition) is 7. The summed E-state index contributed by atoms with van der Waals surface area (Å²) in [6, 6.07) is 6.06.